The van der Waals surface area contributed by atoms with Crippen LogP contribution in [0.1, 0.15) is 31.5 Å². The Bertz CT molecular complexity index is 1150. The monoisotopic (exact) mass is 454 g/mol. The minimum Gasteiger partial charge on any atom is -0.469 e. The number of methoxy groups -OCH3 is 1. The summed E-state index contributed by atoms with van der Waals surface area (Å²) in [5, 5.41) is 4.31. The molecule has 2 aromatic carbocycles. The summed E-state index contributed by atoms with van der Waals surface area (Å²) in [6.07, 6.45) is -0.600. The SMILES string of the molecule is COC(=O)CC(NC(=O)[C@@H](CC(=O)n1c2ccccc2c2ccccc21)C(C)C)C(=O)CF. The van der Waals surface area contributed by atoms with Gasteiger partial charge in [0.05, 0.1) is 24.6 Å². The molecule has 0 fully saturated rings. The number of aromatic nitrogens is 1. The van der Waals surface area contributed by atoms with Gasteiger partial charge in [0.25, 0.3) is 0 Å². The van der Waals surface area contributed by atoms with E-state index in [1.54, 1.807) is 18.4 Å². The van der Waals surface area contributed by atoms with Crippen LogP contribution in [-0.4, -0.2) is 48.0 Å². The number of nitrogens with one attached hydrogen (secondary N) is 1. The smallest absolute Gasteiger partial charge is 0.308 e. The van der Waals surface area contributed by atoms with Crippen molar-refractivity contribution in [1.82, 2.24) is 9.88 Å². The highest BCUT2D eigenvalue weighted by Crippen LogP contribution is 2.30. The minimum atomic E-state index is -1.35. The van der Waals surface area contributed by atoms with Gasteiger partial charge in [-0.15, -0.1) is 0 Å². The quantitative estimate of drug-likeness (QED) is 0.498. The summed E-state index contributed by atoms with van der Waals surface area (Å²) in [4.78, 5) is 50.0. The number of amides is 1. The van der Waals surface area contributed by atoms with Gasteiger partial charge in [-0.25, -0.2) is 4.39 Å². The first-order chi connectivity index (χ1) is 15.8. The van der Waals surface area contributed by atoms with Crippen LogP contribution >= 0.6 is 0 Å². The number of carbonyl (C=O) groups is 4. The Hall–Kier alpha value is -3.55. The van der Waals surface area contributed by atoms with Gasteiger partial charge >= 0.3 is 5.97 Å². The van der Waals surface area contributed by atoms with E-state index in [0.717, 1.165) is 28.9 Å². The van der Waals surface area contributed by atoms with E-state index < -0.39 is 42.7 Å². The van der Waals surface area contributed by atoms with Crippen molar-refractivity contribution in [2.75, 3.05) is 13.8 Å². The van der Waals surface area contributed by atoms with Crippen molar-refractivity contribution < 1.29 is 28.3 Å². The van der Waals surface area contributed by atoms with Crippen LogP contribution in [0.15, 0.2) is 48.5 Å². The lowest BCUT2D eigenvalue weighted by Crippen LogP contribution is -2.47. The standard InChI is InChI=1S/C25H27FN2O5/c1-15(2)18(25(32)27-19(22(29)14-26)13-24(31)33-3)12-23(30)28-20-10-6-4-8-16(20)17-9-5-7-11-21(17)28/h4-11,15,18-19H,12-14H2,1-3H3,(H,27,32)/t18-,19?/m0/s1. The predicted octanol–water partition coefficient (Wildman–Crippen LogP) is 3.68. The molecule has 33 heavy (non-hydrogen) atoms. The van der Waals surface area contributed by atoms with Crippen LogP contribution in [0.3, 0.4) is 0 Å². The Labute approximate surface area is 190 Å². The van der Waals surface area contributed by atoms with Crippen molar-refractivity contribution in [3.8, 4) is 0 Å². The number of alkyl halides is 1. The molecule has 2 atom stereocenters. The third-order valence-corrected chi connectivity index (χ3v) is 5.80. The van der Waals surface area contributed by atoms with Crippen molar-refractivity contribution in [3.05, 3.63) is 48.5 Å². The molecule has 0 saturated carbocycles. The van der Waals surface area contributed by atoms with E-state index in [9.17, 15) is 23.6 Å². The molecule has 7 nitrogen and oxygen atoms in total. The van der Waals surface area contributed by atoms with Gasteiger partial charge in [0, 0.05) is 23.1 Å². The molecular weight excluding hydrogens is 427 g/mol. The summed E-state index contributed by atoms with van der Waals surface area (Å²) in [5.41, 5.74) is 1.48. The van der Waals surface area contributed by atoms with E-state index in [1.165, 1.54) is 0 Å². The zero-order chi connectivity index (χ0) is 24.1. The van der Waals surface area contributed by atoms with Crippen molar-refractivity contribution in [1.29, 1.82) is 0 Å². The zero-order valence-electron chi connectivity index (χ0n) is 18.8. The van der Waals surface area contributed by atoms with Gasteiger partial charge in [-0.05, 0) is 18.1 Å². The number of halogens is 1. The summed E-state index contributed by atoms with van der Waals surface area (Å²) >= 11 is 0. The molecule has 3 rings (SSSR count). The fourth-order valence-corrected chi connectivity index (χ4v) is 3.97. The van der Waals surface area contributed by atoms with E-state index >= 15 is 0 Å². The Morgan fingerprint density at radius 2 is 1.48 bits per heavy atom. The lowest BCUT2D eigenvalue weighted by Gasteiger charge is -2.23. The topological polar surface area (TPSA) is 94.5 Å². The van der Waals surface area contributed by atoms with Gasteiger partial charge in [-0.3, -0.25) is 23.7 Å². The van der Waals surface area contributed by atoms with Crippen molar-refractivity contribution in [2.45, 2.75) is 32.7 Å². The number of ether oxygens (including phenoxy) is 1. The van der Waals surface area contributed by atoms with Gasteiger partial charge in [0.15, 0.2) is 5.78 Å². The van der Waals surface area contributed by atoms with Crippen LogP contribution in [0.2, 0.25) is 0 Å². The minimum absolute atomic E-state index is 0.124. The highest BCUT2D eigenvalue weighted by atomic mass is 19.1. The number of rotatable bonds is 9. The maximum atomic E-state index is 13.4. The lowest BCUT2D eigenvalue weighted by atomic mass is 9.90. The summed E-state index contributed by atoms with van der Waals surface area (Å²) in [5.74, 6) is -3.57. The van der Waals surface area contributed by atoms with Crippen molar-refractivity contribution in [2.24, 2.45) is 11.8 Å². The van der Waals surface area contributed by atoms with E-state index in [1.807, 2.05) is 48.5 Å². The first kappa shape index (κ1) is 24.1. The van der Waals surface area contributed by atoms with E-state index in [2.05, 4.69) is 10.1 Å². The first-order valence-corrected chi connectivity index (χ1v) is 10.8. The number of fused-ring (bicyclic) bond motifs is 3. The number of hydrogen-bond acceptors (Lipinski definition) is 5. The molecule has 1 aromatic heterocycles. The molecule has 0 saturated heterocycles. The average Bonchev–Trinajstić information content (AvgIpc) is 3.15. The van der Waals surface area contributed by atoms with Crippen molar-refractivity contribution >= 4 is 45.4 Å². The fourth-order valence-electron chi connectivity index (χ4n) is 3.97. The molecule has 0 radical (unpaired) electrons. The van der Waals surface area contributed by atoms with Crippen LogP contribution in [-0.2, 0) is 19.1 Å². The van der Waals surface area contributed by atoms with Gasteiger partial charge in [0.1, 0.15) is 12.7 Å². The van der Waals surface area contributed by atoms with E-state index in [0.29, 0.717) is 0 Å². The summed E-state index contributed by atoms with van der Waals surface area (Å²) < 4.78 is 19.1. The second kappa shape index (κ2) is 10.4. The molecule has 0 aliphatic carbocycles. The Morgan fingerprint density at radius 3 is 1.97 bits per heavy atom. The first-order valence-electron chi connectivity index (χ1n) is 10.8. The fraction of sp³-hybridized carbons (Fsp3) is 0.360. The molecule has 3 aromatic rings. The van der Waals surface area contributed by atoms with Crippen LogP contribution < -0.4 is 5.32 Å². The third kappa shape index (κ3) is 5.10. The van der Waals surface area contributed by atoms with Crippen LogP contribution in [0.4, 0.5) is 4.39 Å². The number of esters is 1. The molecule has 0 aliphatic rings. The van der Waals surface area contributed by atoms with Gasteiger partial charge in [0.2, 0.25) is 11.8 Å². The molecule has 1 heterocycles. The molecule has 0 bridgehead atoms. The van der Waals surface area contributed by atoms with Crippen LogP contribution in [0.25, 0.3) is 21.8 Å². The van der Waals surface area contributed by atoms with E-state index in [-0.39, 0.29) is 18.2 Å². The highest BCUT2D eigenvalue weighted by molar-refractivity contribution is 6.13. The number of para-hydroxylation sites is 2. The predicted molar refractivity (Wildman–Crippen MR) is 123 cm³/mol. The number of carbonyl (C=O) groups excluding carboxylic acids is 4. The average molecular weight is 454 g/mol. The second-order valence-corrected chi connectivity index (χ2v) is 8.26. The molecular formula is C25H27FN2O5. The molecule has 8 heteroatoms. The third-order valence-electron chi connectivity index (χ3n) is 5.80. The van der Waals surface area contributed by atoms with Gasteiger partial charge < -0.3 is 10.1 Å². The van der Waals surface area contributed by atoms with Crippen molar-refractivity contribution in [3.63, 3.8) is 0 Å². The van der Waals surface area contributed by atoms with E-state index in [4.69, 9.17) is 0 Å². The largest absolute Gasteiger partial charge is 0.469 e. The summed E-state index contributed by atoms with van der Waals surface area (Å²) in [6, 6.07) is 13.7. The highest BCUT2D eigenvalue weighted by Gasteiger charge is 2.31. The Kier molecular flexibility index (Phi) is 7.58. The number of nitrogens with zero attached hydrogens (tertiary/aromatic N) is 1. The van der Waals surface area contributed by atoms with Gasteiger partial charge in [-0.1, -0.05) is 50.2 Å². The molecule has 174 valence electrons. The van der Waals surface area contributed by atoms with Crippen LogP contribution in [0, 0.1) is 11.8 Å². The van der Waals surface area contributed by atoms with Gasteiger partial charge in [-0.2, -0.15) is 0 Å². The maximum Gasteiger partial charge on any atom is 0.308 e. The Morgan fingerprint density at radius 1 is 0.939 bits per heavy atom. The van der Waals surface area contributed by atoms with Crippen LogP contribution in [0.5, 0.6) is 0 Å². The number of Topliss-reactive ketones (excluding diaryl/α,β-unsaturated/α-hetero) is 1. The Balaban J connectivity index is 1.89. The summed E-state index contributed by atoms with van der Waals surface area (Å²) in [6.45, 7) is 2.25. The molecule has 1 N–H and O–H groups in total. The number of benzene rings is 2. The summed E-state index contributed by atoms with van der Waals surface area (Å²) in [7, 11) is 1.14. The second-order valence-electron chi connectivity index (χ2n) is 8.26. The zero-order valence-corrected chi connectivity index (χ0v) is 18.8. The lowest BCUT2D eigenvalue weighted by molar-refractivity contribution is -0.143. The molecule has 1 amide bonds. The number of hydrogen-bond donors (Lipinski definition) is 1. The number of ketones is 1. The maximum absolute atomic E-state index is 13.4. The normalized spacial score (nSPS) is 13.1. The molecule has 0 aliphatic heterocycles. The molecule has 1 unspecified atom stereocenters. The molecule has 0 spiro atoms.